The molecule has 3 aromatic carbocycles. The Kier molecular flexibility index (Phi) is 6.98. The SMILES string of the molecule is COc1ccc(C2(C(=O)Nc3ccc(C(=O)Nc4ccc(C)c(C)c4)cc3)CCOCC2)cc1. The van der Waals surface area contributed by atoms with E-state index < -0.39 is 5.41 Å². The van der Waals surface area contributed by atoms with Crippen LogP contribution in [0.4, 0.5) is 11.4 Å². The third-order valence-electron chi connectivity index (χ3n) is 6.59. The van der Waals surface area contributed by atoms with Gasteiger partial charge in [0.05, 0.1) is 12.5 Å². The highest BCUT2D eigenvalue weighted by Gasteiger charge is 2.41. The molecule has 4 rings (SSSR count). The molecule has 0 unspecified atom stereocenters. The van der Waals surface area contributed by atoms with Crippen molar-refractivity contribution in [3.63, 3.8) is 0 Å². The van der Waals surface area contributed by atoms with Crippen LogP contribution in [-0.4, -0.2) is 32.1 Å². The third-order valence-corrected chi connectivity index (χ3v) is 6.59. The summed E-state index contributed by atoms with van der Waals surface area (Å²) < 4.78 is 10.8. The molecule has 1 fully saturated rings. The normalized spacial score (nSPS) is 14.8. The minimum atomic E-state index is -0.677. The Bertz CT molecular complexity index is 1160. The Morgan fingerprint density at radius 2 is 1.47 bits per heavy atom. The van der Waals surface area contributed by atoms with Crippen molar-refractivity contribution in [1.29, 1.82) is 0 Å². The molecule has 0 aliphatic carbocycles. The number of carbonyl (C=O) groups is 2. The molecule has 1 aliphatic heterocycles. The second-order valence-electron chi connectivity index (χ2n) is 8.71. The fraction of sp³-hybridized carbons (Fsp3) is 0.286. The number of ether oxygens (including phenoxy) is 2. The van der Waals surface area contributed by atoms with Gasteiger partial charge >= 0.3 is 0 Å². The van der Waals surface area contributed by atoms with Crippen molar-refractivity contribution >= 4 is 23.2 Å². The Labute approximate surface area is 200 Å². The Morgan fingerprint density at radius 1 is 0.824 bits per heavy atom. The molecule has 1 aliphatic rings. The van der Waals surface area contributed by atoms with E-state index in [9.17, 15) is 9.59 Å². The highest BCUT2D eigenvalue weighted by molar-refractivity contribution is 6.05. The number of hydrogen-bond donors (Lipinski definition) is 2. The first-order valence-corrected chi connectivity index (χ1v) is 11.4. The van der Waals surface area contributed by atoms with Gasteiger partial charge in [0.1, 0.15) is 5.75 Å². The van der Waals surface area contributed by atoms with Crippen LogP contribution in [-0.2, 0) is 14.9 Å². The maximum absolute atomic E-state index is 13.5. The maximum atomic E-state index is 13.5. The van der Waals surface area contributed by atoms with Gasteiger partial charge in [-0.1, -0.05) is 18.2 Å². The summed E-state index contributed by atoms with van der Waals surface area (Å²) in [5.74, 6) is 0.481. The molecule has 2 amide bonds. The van der Waals surface area contributed by atoms with Crippen molar-refractivity contribution in [3.05, 3.63) is 89.0 Å². The predicted molar refractivity (Wildman–Crippen MR) is 134 cm³/mol. The number of anilines is 2. The number of hydrogen-bond acceptors (Lipinski definition) is 4. The number of methoxy groups -OCH3 is 1. The van der Waals surface area contributed by atoms with Crippen LogP contribution in [0.1, 0.15) is 39.9 Å². The fourth-order valence-electron chi connectivity index (χ4n) is 4.25. The van der Waals surface area contributed by atoms with Crippen LogP contribution in [0, 0.1) is 13.8 Å². The molecule has 176 valence electrons. The zero-order chi connectivity index (χ0) is 24.1. The minimum Gasteiger partial charge on any atom is -0.497 e. The first kappa shape index (κ1) is 23.5. The van der Waals surface area contributed by atoms with E-state index >= 15 is 0 Å². The van der Waals surface area contributed by atoms with Gasteiger partial charge in [-0.2, -0.15) is 0 Å². The largest absolute Gasteiger partial charge is 0.497 e. The second kappa shape index (κ2) is 10.1. The minimum absolute atomic E-state index is 0.0756. The average Bonchev–Trinajstić information content (AvgIpc) is 2.87. The number of nitrogens with one attached hydrogen (secondary N) is 2. The highest BCUT2D eigenvalue weighted by Crippen LogP contribution is 2.37. The Balaban J connectivity index is 1.48. The number of rotatable bonds is 6. The Hall–Kier alpha value is -3.64. The van der Waals surface area contributed by atoms with Crippen LogP contribution in [0.5, 0.6) is 5.75 Å². The summed E-state index contributed by atoms with van der Waals surface area (Å²) in [5, 5.41) is 5.98. The lowest BCUT2D eigenvalue weighted by atomic mass is 9.73. The predicted octanol–water partition coefficient (Wildman–Crippen LogP) is 5.25. The molecule has 0 bridgehead atoms. The molecule has 0 atom stereocenters. The molecule has 1 saturated heterocycles. The van der Waals surface area contributed by atoms with E-state index in [0.29, 0.717) is 37.3 Å². The summed E-state index contributed by atoms with van der Waals surface area (Å²) in [6.45, 7) is 5.10. The Morgan fingerprint density at radius 3 is 2.09 bits per heavy atom. The lowest BCUT2D eigenvalue weighted by Crippen LogP contribution is -2.44. The molecule has 0 aromatic heterocycles. The van der Waals surface area contributed by atoms with Crippen LogP contribution in [0.25, 0.3) is 0 Å². The van der Waals surface area contributed by atoms with Crippen molar-refractivity contribution in [2.75, 3.05) is 31.0 Å². The molecule has 2 N–H and O–H groups in total. The van der Waals surface area contributed by atoms with Crippen molar-refractivity contribution in [3.8, 4) is 5.75 Å². The summed E-state index contributed by atoms with van der Waals surface area (Å²) in [6, 6.07) is 20.4. The van der Waals surface area contributed by atoms with Crippen molar-refractivity contribution in [2.24, 2.45) is 0 Å². The van der Waals surface area contributed by atoms with Gasteiger partial charge in [-0.05, 0) is 91.9 Å². The summed E-state index contributed by atoms with van der Waals surface area (Å²) in [4.78, 5) is 26.1. The van der Waals surface area contributed by atoms with E-state index in [0.717, 1.165) is 22.6 Å². The van der Waals surface area contributed by atoms with Gasteiger partial charge in [0.15, 0.2) is 0 Å². The molecule has 6 nitrogen and oxygen atoms in total. The van der Waals surface area contributed by atoms with Crippen LogP contribution >= 0.6 is 0 Å². The van der Waals surface area contributed by atoms with Crippen LogP contribution < -0.4 is 15.4 Å². The molecular formula is C28H30N2O4. The standard InChI is InChI=1S/C28H30N2O4/c1-19-4-9-24(18-20(19)2)29-26(31)21-5-10-23(11-6-21)30-27(32)28(14-16-34-17-15-28)22-7-12-25(33-3)13-8-22/h4-13,18H,14-17H2,1-3H3,(H,29,31)(H,30,32). The lowest BCUT2D eigenvalue weighted by Gasteiger charge is -2.36. The molecule has 1 heterocycles. The highest BCUT2D eigenvalue weighted by atomic mass is 16.5. The van der Waals surface area contributed by atoms with Gasteiger partial charge in [-0.15, -0.1) is 0 Å². The van der Waals surface area contributed by atoms with E-state index in [4.69, 9.17) is 9.47 Å². The summed E-state index contributed by atoms with van der Waals surface area (Å²) in [5.41, 5.74) is 4.48. The van der Waals surface area contributed by atoms with E-state index in [1.807, 2.05) is 56.3 Å². The van der Waals surface area contributed by atoms with E-state index in [1.165, 1.54) is 5.56 Å². The monoisotopic (exact) mass is 458 g/mol. The number of benzene rings is 3. The van der Waals surface area contributed by atoms with Crippen LogP contribution in [0.3, 0.4) is 0 Å². The lowest BCUT2D eigenvalue weighted by molar-refractivity contribution is -0.125. The van der Waals surface area contributed by atoms with Crippen LogP contribution in [0.15, 0.2) is 66.7 Å². The summed E-state index contributed by atoms with van der Waals surface area (Å²) in [7, 11) is 1.62. The van der Waals surface area contributed by atoms with E-state index in [2.05, 4.69) is 10.6 Å². The number of amides is 2. The average molecular weight is 459 g/mol. The third kappa shape index (κ3) is 4.97. The number of carbonyl (C=O) groups excluding carboxylic acids is 2. The topological polar surface area (TPSA) is 76.7 Å². The molecular weight excluding hydrogens is 428 g/mol. The summed E-state index contributed by atoms with van der Waals surface area (Å²) in [6.07, 6.45) is 1.20. The molecule has 34 heavy (non-hydrogen) atoms. The van der Waals surface area contributed by atoms with Gasteiger partial charge in [-0.25, -0.2) is 0 Å². The van der Waals surface area contributed by atoms with Crippen molar-refractivity contribution in [2.45, 2.75) is 32.1 Å². The molecule has 0 radical (unpaired) electrons. The number of aryl methyl sites for hydroxylation is 2. The maximum Gasteiger partial charge on any atom is 0.255 e. The molecule has 0 spiro atoms. The van der Waals surface area contributed by atoms with E-state index in [1.54, 1.807) is 31.4 Å². The van der Waals surface area contributed by atoms with Gasteiger partial charge < -0.3 is 20.1 Å². The van der Waals surface area contributed by atoms with Crippen LogP contribution in [0.2, 0.25) is 0 Å². The van der Waals surface area contributed by atoms with Gasteiger partial charge in [0.25, 0.3) is 5.91 Å². The fourth-order valence-corrected chi connectivity index (χ4v) is 4.25. The van der Waals surface area contributed by atoms with Crippen molar-refractivity contribution in [1.82, 2.24) is 0 Å². The second-order valence-corrected chi connectivity index (χ2v) is 8.71. The first-order valence-electron chi connectivity index (χ1n) is 11.4. The van der Waals surface area contributed by atoms with E-state index in [-0.39, 0.29) is 11.8 Å². The van der Waals surface area contributed by atoms with Gasteiger partial charge in [0, 0.05) is 30.2 Å². The molecule has 6 heteroatoms. The smallest absolute Gasteiger partial charge is 0.255 e. The van der Waals surface area contributed by atoms with Gasteiger partial charge in [0.2, 0.25) is 5.91 Å². The molecule has 3 aromatic rings. The first-order chi connectivity index (χ1) is 16.4. The zero-order valence-corrected chi connectivity index (χ0v) is 19.8. The quantitative estimate of drug-likeness (QED) is 0.529. The molecule has 0 saturated carbocycles. The summed E-state index contributed by atoms with van der Waals surface area (Å²) >= 11 is 0. The van der Waals surface area contributed by atoms with Gasteiger partial charge in [-0.3, -0.25) is 9.59 Å². The van der Waals surface area contributed by atoms with Crippen molar-refractivity contribution < 1.29 is 19.1 Å². The zero-order valence-electron chi connectivity index (χ0n) is 19.8.